The summed E-state index contributed by atoms with van der Waals surface area (Å²) < 4.78 is 5.02. The predicted octanol–water partition coefficient (Wildman–Crippen LogP) is 5.26. The first-order valence-corrected chi connectivity index (χ1v) is 9.34. The van der Waals surface area contributed by atoms with Crippen LogP contribution in [0.3, 0.4) is 0 Å². The lowest BCUT2D eigenvalue weighted by molar-refractivity contribution is 0.0526. The number of carbonyl (C=O) groups excluding carboxylic acids is 1. The number of nitrogens with one attached hydrogen (secondary N) is 2. The van der Waals surface area contributed by atoms with E-state index < -0.39 is 5.97 Å². The topological polar surface area (TPSA) is 50.4 Å². The molecule has 0 saturated heterocycles. The molecular formula is C20H23ClN2O2S. The Morgan fingerprint density at radius 3 is 2.50 bits per heavy atom. The molecule has 0 spiro atoms. The van der Waals surface area contributed by atoms with E-state index in [9.17, 15) is 4.79 Å². The van der Waals surface area contributed by atoms with Gasteiger partial charge in [-0.15, -0.1) is 0 Å². The number of benzene rings is 2. The standard InChI is InChI=1S/C20H23ClN2O2S/c1-4-18(14-8-6-13(3)7-9-14)23-20(26)22-15-10-11-17(21)16(12-15)19(24)25-5-2/h6-12,18H,4-5H2,1-3H3,(H2,22,23,26)/t18-/m1/s1. The summed E-state index contributed by atoms with van der Waals surface area (Å²) in [6.07, 6.45) is 0.888. The summed E-state index contributed by atoms with van der Waals surface area (Å²) in [5.74, 6) is -0.453. The maximum atomic E-state index is 12.0. The van der Waals surface area contributed by atoms with Gasteiger partial charge in [-0.05, 0) is 56.2 Å². The van der Waals surface area contributed by atoms with Crippen molar-refractivity contribution in [2.45, 2.75) is 33.2 Å². The number of rotatable bonds is 6. The first kappa shape index (κ1) is 20.2. The fourth-order valence-electron chi connectivity index (χ4n) is 2.51. The van der Waals surface area contributed by atoms with Gasteiger partial charge in [0.15, 0.2) is 5.11 Å². The van der Waals surface area contributed by atoms with Crippen molar-refractivity contribution in [3.8, 4) is 0 Å². The van der Waals surface area contributed by atoms with Crippen molar-refractivity contribution in [1.29, 1.82) is 0 Å². The van der Waals surface area contributed by atoms with Crippen molar-refractivity contribution in [1.82, 2.24) is 5.32 Å². The summed E-state index contributed by atoms with van der Waals surface area (Å²) in [6.45, 7) is 6.21. The largest absolute Gasteiger partial charge is 0.462 e. The number of esters is 1. The van der Waals surface area contributed by atoms with Gasteiger partial charge in [0.05, 0.1) is 23.2 Å². The zero-order chi connectivity index (χ0) is 19.1. The number of aryl methyl sites for hydroxylation is 1. The van der Waals surface area contributed by atoms with Crippen LogP contribution in [0.25, 0.3) is 0 Å². The molecule has 0 amide bonds. The van der Waals surface area contributed by atoms with Gasteiger partial charge in [-0.1, -0.05) is 48.4 Å². The minimum Gasteiger partial charge on any atom is -0.462 e. The van der Waals surface area contributed by atoms with Crippen LogP contribution >= 0.6 is 23.8 Å². The van der Waals surface area contributed by atoms with Crippen LogP contribution < -0.4 is 10.6 Å². The van der Waals surface area contributed by atoms with Crippen LogP contribution in [-0.4, -0.2) is 17.7 Å². The Kier molecular flexibility index (Phi) is 7.42. The zero-order valence-corrected chi connectivity index (χ0v) is 16.7. The van der Waals surface area contributed by atoms with E-state index in [-0.39, 0.29) is 6.04 Å². The van der Waals surface area contributed by atoms with E-state index in [4.69, 9.17) is 28.6 Å². The third-order valence-corrected chi connectivity index (χ3v) is 4.46. The molecule has 1 atom stereocenters. The van der Waals surface area contributed by atoms with E-state index in [1.165, 1.54) is 11.1 Å². The lowest BCUT2D eigenvalue weighted by Crippen LogP contribution is -2.32. The molecule has 4 nitrogen and oxygen atoms in total. The molecule has 0 aliphatic heterocycles. The van der Waals surface area contributed by atoms with Crippen molar-refractivity contribution in [3.05, 3.63) is 64.2 Å². The van der Waals surface area contributed by atoms with Gasteiger partial charge in [0.2, 0.25) is 0 Å². The number of hydrogen-bond acceptors (Lipinski definition) is 3. The van der Waals surface area contributed by atoms with Crippen LogP contribution in [0.5, 0.6) is 0 Å². The molecule has 2 N–H and O–H groups in total. The molecule has 2 aromatic rings. The SMILES string of the molecule is CCOC(=O)c1cc(NC(=S)N[C@H](CC)c2ccc(C)cc2)ccc1Cl. The van der Waals surface area contributed by atoms with Crippen molar-refractivity contribution < 1.29 is 9.53 Å². The average molecular weight is 391 g/mol. The third kappa shape index (κ3) is 5.44. The summed E-state index contributed by atoms with van der Waals surface area (Å²) in [6, 6.07) is 13.5. The molecule has 6 heteroatoms. The van der Waals surface area contributed by atoms with Gasteiger partial charge in [0, 0.05) is 5.69 Å². The van der Waals surface area contributed by atoms with Gasteiger partial charge in [0.25, 0.3) is 0 Å². The van der Waals surface area contributed by atoms with E-state index in [1.54, 1.807) is 25.1 Å². The van der Waals surface area contributed by atoms with Crippen LogP contribution in [0.4, 0.5) is 5.69 Å². The summed E-state index contributed by atoms with van der Waals surface area (Å²) >= 11 is 11.5. The fourth-order valence-corrected chi connectivity index (χ4v) is 2.97. The van der Waals surface area contributed by atoms with Gasteiger partial charge in [0.1, 0.15) is 0 Å². The molecule has 0 aromatic heterocycles. The average Bonchev–Trinajstić information content (AvgIpc) is 2.62. The summed E-state index contributed by atoms with van der Waals surface area (Å²) in [5, 5.41) is 7.24. The Hall–Kier alpha value is -2.11. The molecule has 0 unspecified atom stereocenters. The first-order valence-electron chi connectivity index (χ1n) is 8.55. The van der Waals surface area contributed by atoms with Crippen molar-refractivity contribution in [2.75, 3.05) is 11.9 Å². The molecule has 0 aliphatic carbocycles. The van der Waals surface area contributed by atoms with Crippen LogP contribution in [0.15, 0.2) is 42.5 Å². The maximum absolute atomic E-state index is 12.0. The Labute approximate surface area is 164 Å². The van der Waals surface area contributed by atoms with E-state index >= 15 is 0 Å². The maximum Gasteiger partial charge on any atom is 0.339 e. The van der Waals surface area contributed by atoms with Crippen LogP contribution in [0, 0.1) is 6.92 Å². The Balaban J connectivity index is 2.08. The summed E-state index contributed by atoms with van der Waals surface area (Å²) in [4.78, 5) is 12.0. The smallest absolute Gasteiger partial charge is 0.339 e. The second-order valence-electron chi connectivity index (χ2n) is 5.89. The molecule has 138 valence electrons. The predicted molar refractivity (Wildman–Crippen MR) is 111 cm³/mol. The molecular weight excluding hydrogens is 368 g/mol. The third-order valence-electron chi connectivity index (χ3n) is 3.91. The number of halogens is 1. The molecule has 0 heterocycles. The normalized spacial score (nSPS) is 11.5. The van der Waals surface area contributed by atoms with Gasteiger partial charge in [-0.25, -0.2) is 4.79 Å². The molecule has 0 aliphatic rings. The van der Waals surface area contributed by atoms with Crippen molar-refractivity contribution in [2.24, 2.45) is 0 Å². The molecule has 2 rings (SSSR count). The van der Waals surface area contributed by atoms with Gasteiger partial charge in [-0.2, -0.15) is 0 Å². The highest BCUT2D eigenvalue weighted by Crippen LogP contribution is 2.22. The molecule has 0 bridgehead atoms. The van der Waals surface area contributed by atoms with Crippen LogP contribution in [0.2, 0.25) is 5.02 Å². The second kappa shape index (κ2) is 9.55. The highest BCUT2D eigenvalue weighted by atomic mass is 35.5. The zero-order valence-electron chi connectivity index (χ0n) is 15.1. The summed E-state index contributed by atoms with van der Waals surface area (Å²) in [7, 11) is 0. The molecule has 26 heavy (non-hydrogen) atoms. The molecule has 2 aromatic carbocycles. The van der Waals surface area contributed by atoms with E-state index in [1.807, 2.05) is 0 Å². The van der Waals surface area contributed by atoms with Gasteiger partial charge < -0.3 is 15.4 Å². The monoisotopic (exact) mass is 390 g/mol. The molecule has 0 fully saturated rings. The quantitative estimate of drug-likeness (QED) is 0.520. The van der Waals surface area contributed by atoms with Gasteiger partial charge in [-0.3, -0.25) is 0 Å². The lowest BCUT2D eigenvalue weighted by atomic mass is 10.0. The molecule has 0 radical (unpaired) electrons. The Morgan fingerprint density at radius 2 is 1.88 bits per heavy atom. The Bertz CT molecular complexity index is 778. The minimum absolute atomic E-state index is 0.104. The van der Waals surface area contributed by atoms with E-state index in [0.29, 0.717) is 28.0 Å². The van der Waals surface area contributed by atoms with Crippen molar-refractivity contribution >= 4 is 40.6 Å². The minimum atomic E-state index is -0.453. The van der Waals surface area contributed by atoms with Crippen molar-refractivity contribution in [3.63, 3.8) is 0 Å². The Morgan fingerprint density at radius 1 is 1.19 bits per heavy atom. The number of anilines is 1. The first-order chi connectivity index (χ1) is 12.4. The number of ether oxygens (including phenoxy) is 1. The van der Waals surface area contributed by atoms with E-state index in [0.717, 1.165) is 6.42 Å². The fraction of sp³-hybridized carbons (Fsp3) is 0.300. The highest BCUT2D eigenvalue weighted by molar-refractivity contribution is 7.80. The highest BCUT2D eigenvalue weighted by Gasteiger charge is 2.14. The number of carbonyl (C=O) groups is 1. The molecule has 0 saturated carbocycles. The second-order valence-corrected chi connectivity index (χ2v) is 6.70. The summed E-state index contributed by atoms with van der Waals surface area (Å²) in [5.41, 5.74) is 3.38. The van der Waals surface area contributed by atoms with Crippen LogP contribution in [-0.2, 0) is 4.74 Å². The lowest BCUT2D eigenvalue weighted by Gasteiger charge is -2.20. The van der Waals surface area contributed by atoms with Gasteiger partial charge >= 0.3 is 5.97 Å². The van der Waals surface area contributed by atoms with E-state index in [2.05, 4.69) is 48.7 Å². The number of hydrogen-bond donors (Lipinski definition) is 2. The van der Waals surface area contributed by atoms with Crippen LogP contribution in [0.1, 0.15) is 47.8 Å². The number of thiocarbonyl (C=S) groups is 1.